The van der Waals surface area contributed by atoms with Crippen molar-refractivity contribution in [2.24, 2.45) is 17.3 Å². The van der Waals surface area contributed by atoms with Crippen LogP contribution in [0.4, 0.5) is 19.0 Å². The highest BCUT2D eigenvalue weighted by Gasteiger charge is 2.60. The lowest BCUT2D eigenvalue weighted by molar-refractivity contribution is -0.171. The Hall–Kier alpha value is -1.54. The number of nitrogens with one attached hydrogen (secondary N) is 1. The van der Waals surface area contributed by atoms with Gasteiger partial charge in [-0.2, -0.15) is 13.2 Å². The molecule has 1 N–H and O–H groups in total. The number of ether oxygens (including phenoxy) is 1. The third kappa shape index (κ3) is 4.06. The third-order valence-corrected chi connectivity index (χ3v) is 6.91. The number of aromatic nitrogens is 1. The van der Waals surface area contributed by atoms with Crippen LogP contribution in [-0.4, -0.2) is 28.3 Å². The fraction of sp³-hybridized carbons (Fsp3) is 0.632. The van der Waals surface area contributed by atoms with Gasteiger partial charge in [-0.1, -0.05) is 11.6 Å². The molecule has 0 spiro atoms. The highest BCUT2D eigenvalue weighted by atomic mass is 35.5. The Morgan fingerprint density at radius 2 is 1.90 bits per heavy atom. The fourth-order valence-corrected chi connectivity index (χ4v) is 6.43. The number of halogens is 5. The molecule has 4 aliphatic carbocycles. The number of hydrogen-bond donors (Lipinski definition) is 1. The van der Waals surface area contributed by atoms with Crippen molar-refractivity contribution in [1.82, 2.24) is 4.98 Å². The molecule has 29 heavy (non-hydrogen) atoms. The molecule has 5 rings (SSSR count). The predicted octanol–water partition coefficient (Wildman–Crippen LogP) is 4.81. The first-order valence-corrected chi connectivity index (χ1v) is 10.1. The summed E-state index contributed by atoms with van der Waals surface area (Å²) in [5.74, 6) is -0.568. The minimum atomic E-state index is -4.59. The van der Waals surface area contributed by atoms with E-state index in [1.807, 2.05) is 0 Å². The summed E-state index contributed by atoms with van der Waals surface area (Å²) in [4.78, 5) is 28.1. The molecular formula is C19H19Cl2F3N2O3. The first kappa shape index (κ1) is 20.7. The first-order valence-electron chi connectivity index (χ1n) is 9.37. The molecule has 10 heteroatoms. The van der Waals surface area contributed by atoms with Gasteiger partial charge in [-0.05, 0) is 56.4 Å². The molecule has 1 aromatic rings. The van der Waals surface area contributed by atoms with Gasteiger partial charge < -0.3 is 10.1 Å². The molecule has 0 aliphatic heterocycles. The Balaban J connectivity index is 1.36. The van der Waals surface area contributed by atoms with Gasteiger partial charge in [0.1, 0.15) is 0 Å². The zero-order chi connectivity index (χ0) is 21.0. The van der Waals surface area contributed by atoms with Crippen LogP contribution in [0.1, 0.15) is 44.1 Å². The van der Waals surface area contributed by atoms with E-state index in [4.69, 9.17) is 27.9 Å². The summed E-state index contributed by atoms with van der Waals surface area (Å²) in [6.45, 7) is -0.565. The fourth-order valence-electron chi connectivity index (χ4n) is 5.53. The Bertz CT molecular complexity index is 848. The van der Waals surface area contributed by atoms with Crippen molar-refractivity contribution in [3.63, 3.8) is 0 Å². The summed E-state index contributed by atoms with van der Waals surface area (Å²) in [7, 11) is 0. The molecule has 2 atom stereocenters. The van der Waals surface area contributed by atoms with Crippen LogP contribution in [0.25, 0.3) is 0 Å². The number of carbonyl (C=O) groups is 2. The van der Waals surface area contributed by atoms with Crippen LogP contribution in [0.15, 0.2) is 12.3 Å². The lowest BCUT2D eigenvalue weighted by atomic mass is 9.49. The molecule has 1 heterocycles. The van der Waals surface area contributed by atoms with Gasteiger partial charge >= 0.3 is 12.1 Å². The molecule has 0 aromatic carbocycles. The van der Waals surface area contributed by atoms with Crippen LogP contribution >= 0.6 is 23.2 Å². The lowest BCUT2D eigenvalue weighted by Crippen LogP contribution is -2.56. The van der Waals surface area contributed by atoms with Gasteiger partial charge in [0.05, 0.1) is 16.0 Å². The van der Waals surface area contributed by atoms with Crippen LogP contribution in [0.3, 0.4) is 0 Å². The normalized spacial score (nSPS) is 32.9. The van der Waals surface area contributed by atoms with Gasteiger partial charge in [-0.25, -0.2) is 4.98 Å². The Kier molecular flexibility index (Phi) is 5.01. The first-order chi connectivity index (χ1) is 13.5. The standard InChI is InChI=1S/C19H19Cl2F3N2O3/c20-13-2-12(19(22,23)24)7-25-15(13)26-14(27)8-29-16(28)17-3-10-1-11(4-17)6-18(21,5-10)9-17/h2,7,10-11H,1,3-6,8-9H2,(H,25,26,27). The smallest absolute Gasteiger partial charge is 0.417 e. The van der Waals surface area contributed by atoms with E-state index in [2.05, 4.69) is 10.3 Å². The van der Waals surface area contributed by atoms with E-state index < -0.39 is 35.6 Å². The van der Waals surface area contributed by atoms with E-state index in [9.17, 15) is 22.8 Å². The van der Waals surface area contributed by atoms with Crippen molar-refractivity contribution in [3.8, 4) is 0 Å². The summed E-state index contributed by atoms with van der Waals surface area (Å²) in [6.07, 6.45) is 0.908. The number of esters is 1. The maximum Gasteiger partial charge on any atom is 0.417 e. The summed E-state index contributed by atoms with van der Waals surface area (Å²) in [5.41, 5.74) is -1.67. The predicted molar refractivity (Wildman–Crippen MR) is 99.5 cm³/mol. The second-order valence-electron chi connectivity index (χ2n) is 8.57. The molecule has 5 nitrogen and oxygen atoms in total. The molecule has 4 fully saturated rings. The van der Waals surface area contributed by atoms with Crippen LogP contribution in [0.5, 0.6) is 0 Å². The van der Waals surface area contributed by atoms with E-state index in [1.54, 1.807) is 0 Å². The second-order valence-corrected chi connectivity index (χ2v) is 9.78. The molecule has 2 unspecified atom stereocenters. The zero-order valence-corrected chi connectivity index (χ0v) is 16.8. The molecule has 1 aromatic heterocycles. The molecule has 0 saturated heterocycles. The minimum absolute atomic E-state index is 0.227. The molecule has 0 radical (unpaired) electrons. The lowest BCUT2D eigenvalue weighted by Gasteiger charge is -2.58. The number of hydrogen-bond acceptors (Lipinski definition) is 4. The largest absolute Gasteiger partial charge is 0.455 e. The molecule has 4 bridgehead atoms. The minimum Gasteiger partial charge on any atom is -0.455 e. The quantitative estimate of drug-likeness (QED) is 0.527. The molecule has 4 saturated carbocycles. The zero-order valence-electron chi connectivity index (χ0n) is 15.3. The van der Waals surface area contributed by atoms with Crippen molar-refractivity contribution in [2.45, 2.75) is 49.6 Å². The van der Waals surface area contributed by atoms with E-state index in [0.29, 0.717) is 30.5 Å². The van der Waals surface area contributed by atoms with Gasteiger partial charge in [-0.3, -0.25) is 9.59 Å². The maximum absolute atomic E-state index is 12.8. The molecule has 4 aliphatic rings. The second kappa shape index (κ2) is 7.01. The summed E-state index contributed by atoms with van der Waals surface area (Å²) < 4.78 is 43.2. The maximum atomic E-state index is 12.8. The summed E-state index contributed by atoms with van der Waals surface area (Å²) >= 11 is 12.5. The number of amides is 1. The van der Waals surface area contributed by atoms with Gasteiger partial charge in [0, 0.05) is 11.1 Å². The van der Waals surface area contributed by atoms with Crippen molar-refractivity contribution >= 4 is 40.9 Å². The highest BCUT2D eigenvalue weighted by Crippen LogP contribution is 2.64. The Labute approximate surface area is 175 Å². The van der Waals surface area contributed by atoms with E-state index in [0.717, 1.165) is 32.1 Å². The average molecular weight is 451 g/mol. The number of alkyl halides is 4. The van der Waals surface area contributed by atoms with Gasteiger partial charge in [0.25, 0.3) is 5.91 Å². The van der Waals surface area contributed by atoms with E-state index >= 15 is 0 Å². The Morgan fingerprint density at radius 3 is 2.45 bits per heavy atom. The van der Waals surface area contributed by atoms with Gasteiger partial charge in [0.15, 0.2) is 12.4 Å². The van der Waals surface area contributed by atoms with Crippen LogP contribution in [0.2, 0.25) is 5.02 Å². The SMILES string of the molecule is O=C(COC(=O)C12CC3CC(CC(Cl)(C3)C1)C2)Nc1ncc(C(F)(F)F)cc1Cl. The number of carbonyl (C=O) groups excluding carboxylic acids is 2. The van der Waals surface area contributed by atoms with Crippen molar-refractivity contribution in [2.75, 3.05) is 11.9 Å². The van der Waals surface area contributed by atoms with Gasteiger partial charge in [0.2, 0.25) is 0 Å². The number of pyridine rings is 1. The van der Waals surface area contributed by atoms with Crippen molar-refractivity contribution < 1.29 is 27.5 Å². The highest BCUT2D eigenvalue weighted by molar-refractivity contribution is 6.33. The summed E-state index contributed by atoms with van der Waals surface area (Å²) in [5, 5.41) is 1.92. The molecule has 158 valence electrons. The van der Waals surface area contributed by atoms with Crippen molar-refractivity contribution in [1.29, 1.82) is 0 Å². The van der Waals surface area contributed by atoms with E-state index in [-0.39, 0.29) is 15.7 Å². The third-order valence-electron chi connectivity index (χ3n) is 6.18. The summed E-state index contributed by atoms with van der Waals surface area (Å²) in [6, 6.07) is 0.672. The van der Waals surface area contributed by atoms with Crippen LogP contribution in [0, 0.1) is 17.3 Å². The van der Waals surface area contributed by atoms with Crippen LogP contribution in [-0.2, 0) is 20.5 Å². The topological polar surface area (TPSA) is 68.3 Å². The molecule has 1 amide bonds. The van der Waals surface area contributed by atoms with Crippen LogP contribution < -0.4 is 5.32 Å². The van der Waals surface area contributed by atoms with E-state index in [1.165, 1.54) is 0 Å². The number of nitrogens with zero attached hydrogens (tertiary/aromatic N) is 1. The number of anilines is 1. The van der Waals surface area contributed by atoms with Crippen molar-refractivity contribution in [3.05, 3.63) is 22.8 Å². The monoisotopic (exact) mass is 450 g/mol. The average Bonchev–Trinajstić information content (AvgIpc) is 2.58. The number of rotatable bonds is 4. The van der Waals surface area contributed by atoms with Gasteiger partial charge in [-0.15, -0.1) is 11.6 Å². The molecular weight excluding hydrogens is 432 g/mol. The Morgan fingerprint density at radius 1 is 1.24 bits per heavy atom.